The zero-order chi connectivity index (χ0) is 13.9. The van der Waals surface area contributed by atoms with Crippen molar-refractivity contribution in [3.05, 3.63) is 29.3 Å². The smallest absolute Gasteiger partial charge is 0.391 e. The van der Waals surface area contributed by atoms with E-state index in [0.717, 1.165) is 0 Å². The van der Waals surface area contributed by atoms with Crippen molar-refractivity contribution in [1.29, 1.82) is 0 Å². The van der Waals surface area contributed by atoms with Gasteiger partial charge >= 0.3 is 12.1 Å². The van der Waals surface area contributed by atoms with Crippen molar-refractivity contribution in [2.75, 3.05) is 5.32 Å². The number of aromatic carboxylic acids is 1. The molecule has 18 heavy (non-hydrogen) atoms. The van der Waals surface area contributed by atoms with Crippen LogP contribution in [-0.4, -0.2) is 23.3 Å². The van der Waals surface area contributed by atoms with Gasteiger partial charge in [0.25, 0.3) is 0 Å². The molecule has 0 radical (unpaired) electrons. The van der Waals surface area contributed by atoms with E-state index in [0.29, 0.717) is 11.3 Å². The zero-order valence-corrected chi connectivity index (χ0v) is 10.0. The number of carboxylic acids is 1. The topological polar surface area (TPSA) is 49.3 Å². The first-order chi connectivity index (χ1) is 8.19. The fraction of sp³-hybridized carbons (Fsp3) is 0.417. The minimum absolute atomic E-state index is 0.143. The number of halogens is 3. The molecule has 2 N–H and O–H groups in total. The molecule has 3 nitrogen and oxygen atoms in total. The van der Waals surface area contributed by atoms with Crippen LogP contribution in [0.5, 0.6) is 0 Å². The van der Waals surface area contributed by atoms with Crippen molar-refractivity contribution in [3.63, 3.8) is 0 Å². The van der Waals surface area contributed by atoms with E-state index < -0.39 is 24.6 Å². The van der Waals surface area contributed by atoms with E-state index in [9.17, 15) is 18.0 Å². The van der Waals surface area contributed by atoms with Gasteiger partial charge in [0.15, 0.2) is 0 Å². The lowest BCUT2D eigenvalue weighted by molar-refractivity contribution is -0.136. The Labute approximate surface area is 103 Å². The van der Waals surface area contributed by atoms with Crippen molar-refractivity contribution in [2.24, 2.45) is 0 Å². The van der Waals surface area contributed by atoms with Gasteiger partial charge in [-0.1, -0.05) is 0 Å². The van der Waals surface area contributed by atoms with E-state index in [1.54, 1.807) is 6.92 Å². The van der Waals surface area contributed by atoms with Crippen LogP contribution < -0.4 is 5.32 Å². The molecule has 0 aromatic heterocycles. The molecule has 1 unspecified atom stereocenters. The second-order valence-corrected chi connectivity index (χ2v) is 4.20. The second kappa shape index (κ2) is 5.29. The van der Waals surface area contributed by atoms with Crippen LogP contribution in [0.3, 0.4) is 0 Å². The number of anilines is 1. The normalized spacial score (nSPS) is 13.2. The number of hydrogen-bond acceptors (Lipinski definition) is 2. The highest BCUT2D eigenvalue weighted by atomic mass is 19.4. The van der Waals surface area contributed by atoms with Gasteiger partial charge in [0.05, 0.1) is 12.0 Å². The number of benzene rings is 1. The number of alkyl halides is 3. The van der Waals surface area contributed by atoms with Crippen LogP contribution >= 0.6 is 0 Å². The summed E-state index contributed by atoms with van der Waals surface area (Å²) < 4.78 is 36.4. The first-order valence-corrected chi connectivity index (χ1v) is 5.36. The van der Waals surface area contributed by atoms with Crippen LogP contribution in [0, 0.1) is 6.92 Å². The fourth-order valence-corrected chi connectivity index (χ4v) is 1.68. The second-order valence-electron chi connectivity index (χ2n) is 4.20. The molecule has 1 aromatic carbocycles. The first kappa shape index (κ1) is 14.3. The summed E-state index contributed by atoms with van der Waals surface area (Å²) in [5, 5.41) is 11.5. The third-order valence-corrected chi connectivity index (χ3v) is 2.41. The summed E-state index contributed by atoms with van der Waals surface area (Å²) in [7, 11) is 0. The Morgan fingerprint density at radius 1 is 1.44 bits per heavy atom. The molecule has 0 saturated carbocycles. The molecule has 100 valence electrons. The van der Waals surface area contributed by atoms with Crippen LogP contribution in [0.4, 0.5) is 18.9 Å². The van der Waals surface area contributed by atoms with Crippen LogP contribution in [0.1, 0.15) is 29.3 Å². The number of carbonyl (C=O) groups is 1. The summed E-state index contributed by atoms with van der Waals surface area (Å²) in [6, 6.07) is 3.60. The largest absolute Gasteiger partial charge is 0.478 e. The van der Waals surface area contributed by atoms with Crippen molar-refractivity contribution in [3.8, 4) is 0 Å². The molecule has 0 aliphatic carbocycles. The molecule has 1 rings (SSSR count). The Hall–Kier alpha value is -1.72. The van der Waals surface area contributed by atoms with E-state index in [1.165, 1.54) is 25.1 Å². The Kier molecular flexibility index (Phi) is 4.21. The summed E-state index contributed by atoms with van der Waals surface area (Å²) in [5.41, 5.74) is 1.13. The third-order valence-electron chi connectivity index (χ3n) is 2.41. The molecule has 0 saturated heterocycles. The Balaban J connectivity index is 2.75. The van der Waals surface area contributed by atoms with Gasteiger partial charge in [0.1, 0.15) is 0 Å². The van der Waals surface area contributed by atoms with Crippen molar-refractivity contribution < 1.29 is 23.1 Å². The first-order valence-electron chi connectivity index (χ1n) is 5.36. The Morgan fingerprint density at radius 3 is 2.50 bits per heavy atom. The molecule has 0 fully saturated rings. The lowest BCUT2D eigenvalue weighted by atomic mass is 10.1. The van der Waals surface area contributed by atoms with Gasteiger partial charge in [0, 0.05) is 11.7 Å². The molecule has 6 heteroatoms. The molecular formula is C12H14F3NO2. The summed E-state index contributed by atoms with van der Waals surface area (Å²) in [4.78, 5) is 10.8. The average molecular weight is 261 g/mol. The van der Waals surface area contributed by atoms with Gasteiger partial charge in [-0.2, -0.15) is 13.2 Å². The molecule has 0 bridgehead atoms. The fourth-order valence-electron chi connectivity index (χ4n) is 1.68. The molecule has 0 aliphatic rings. The minimum Gasteiger partial charge on any atom is -0.478 e. The monoisotopic (exact) mass is 261 g/mol. The zero-order valence-electron chi connectivity index (χ0n) is 10.0. The average Bonchev–Trinajstić information content (AvgIpc) is 2.13. The number of carboxylic acid groups (broad SMARTS) is 1. The van der Waals surface area contributed by atoms with Gasteiger partial charge in [0.2, 0.25) is 0 Å². The van der Waals surface area contributed by atoms with Gasteiger partial charge in [-0.25, -0.2) is 4.79 Å². The highest BCUT2D eigenvalue weighted by molar-refractivity contribution is 5.89. The quantitative estimate of drug-likeness (QED) is 0.872. The number of aryl methyl sites for hydroxylation is 1. The summed E-state index contributed by atoms with van der Waals surface area (Å²) >= 11 is 0. The highest BCUT2D eigenvalue weighted by Crippen LogP contribution is 2.24. The number of hydrogen-bond donors (Lipinski definition) is 2. The van der Waals surface area contributed by atoms with Crippen molar-refractivity contribution >= 4 is 11.7 Å². The van der Waals surface area contributed by atoms with Gasteiger partial charge in [-0.05, 0) is 37.6 Å². The molecular weight excluding hydrogens is 247 g/mol. The standard InChI is InChI=1S/C12H14F3NO2/c1-7-5-9(3-4-10(7)11(17)18)16-8(2)6-12(13,14)15/h3-5,8,16H,6H2,1-2H3,(H,17,18). The van der Waals surface area contributed by atoms with Gasteiger partial charge in [-0.3, -0.25) is 0 Å². The maximum atomic E-state index is 12.1. The Morgan fingerprint density at radius 2 is 2.06 bits per heavy atom. The molecule has 0 heterocycles. The molecule has 0 aliphatic heterocycles. The predicted octanol–water partition coefficient (Wildman–Crippen LogP) is 3.45. The SMILES string of the molecule is Cc1cc(NC(C)CC(F)(F)F)ccc1C(=O)O. The molecule has 1 atom stereocenters. The van der Waals surface area contributed by atoms with E-state index in [1.807, 2.05) is 0 Å². The van der Waals surface area contributed by atoms with Crippen LogP contribution in [0.2, 0.25) is 0 Å². The summed E-state index contributed by atoms with van der Waals surface area (Å²) in [5.74, 6) is -1.05. The van der Waals surface area contributed by atoms with E-state index in [2.05, 4.69) is 5.32 Å². The maximum absolute atomic E-state index is 12.1. The molecule has 1 aromatic rings. The van der Waals surface area contributed by atoms with Gasteiger partial charge in [-0.15, -0.1) is 0 Å². The lowest BCUT2D eigenvalue weighted by Gasteiger charge is -2.17. The highest BCUT2D eigenvalue weighted by Gasteiger charge is 2.29. The maximum Gasteiger partial charge on any atom is 0.391 e. The van der Waals surface area contributed by atoms with Crippen LogP contribution in [0.15, 0.2) is 18.2 Å². The summed E-state index contributed by atoms with van der Waals surface area (Å²) in [6.07, 6.45) is -5.16. The predicted molar refractivity (Wildman–Crippen MR) is 61.9 cm³/mol. The van der Waals surface area contributed by atoms with E-state index >= 15 is 0 Å². The number of nitrogens with one attached hydrogen (secondary N) is 1. The van der Waals surface area contributed by atoms with Crippen molar-refractivity contribution in [1.82, 2.24) is 0 Å². The van der Waals surface area contributed by atoms with E-state index in [-0.39, 0.29) is 5.56 Å². The van der Waals surface area contributed by atoms with Crippen LogP contribution in [-0.2, 0) is 0 Å². The number of rotatable bonds is 4. The summed E-state index contributed by atoms with van der Waals surface area (Å²) in [6.45, 7) is 3.02. The van der Waals surface area contributed by atoms with Gasteiger partial charge < -0.3 is 10.4 Å². The Bertz CT molecular complexity index is 443. The van der Waals surface area contributed by atoms with Crippen molar-refractivity contribution in [2.45, 2.75) is 32.5 Å². The van der Waals surface area contributed by atoms with E-state index in [4.69, 9.17) is 5.11 Å². The molecule has 0 spiro atoms. The molecule has 0 amide bonds. The van der Waals surface area contributed by atoms with Crippen LogP contribution in [0.25, 0.3) is 0 Å². The minimum atomic E-state index is -4.22. The third kappa shape index (κ3) is 4.27. The lowest BCUT2D eigenvalue weighted by Crippen LogP contribution is -2.23.